The highest BCUT2D eigenvalue weighted by molar-refractivity contribution is 5.39. The van der Waals surface area contributed by atoms with Gasteiger partial charge in [0, 0.05) is 19.6 Å². The Morgan fingerprint density at radius 1 is 1.15 bits per heavy atom. The summed E-state index contributed by atoms with van der Waals surface area (Å²) in [6.07, 6.45) is 2.33. The number of hydrogen-bond donors (Lipinski definition) is 1. The van der Waals surface area contributed by atoms with Gasteiger partial charge in [-0.2, -0.15) is 0 Å². The first-order valence-corrected chi connectivity index (χ1v) is 7.73. The Bertz CT molecular complexity index is 365. The molecule has 20 heavy (non-hydrogen) atoms. The first-order chi connectivity index (χ1) is 9.67. The number of anilines is 1. The normalized spacial score (nSPS) is 11.1. The van der Waals surface area contributed by atoms with Gasteiger partial charge in [0.2, 0.25) is 0 Å². The van der Waals surface area contributed by atoms with E-state index in [2.05, 4.69) is 61.3 Å². The van der Waals surface area contributed by atoms with Crippen LogP contribution in [-0.2, 0) is 6.54 Å². The topological polar surface area (TPSA) is 31.4 Å². The van der Waals surface area contributed by atoms with Crippen LogP contribution < -0.4 is 10.2 Å². The second-order valence-electron chi connectivity index (χ2n) is 5.40. The summed E-state index contributed by atoms with van der Waals surface area (Å²) in [6.45, 7) is 9.47. The molecular formula is C16H30N4. The molecule has 0 bridgehead atoms. The fourth-order valence-electron chi connectivity index (χ4n) is 2.15. The van der Waals surface area contributed by atoms with Crippen molar-refractivity contribution < 1.29 is 0 Å². The lowest BCUT2D eigenvalue weighted by molar-refractivity contribution is 0.400. The molecule has 1 rings (SSSR count). The molecular weight excluding hydrogens is 248 g/mol. The summed E-state index contributed by atoms with van der Waals surface area (Å²) >= 11 is 0. The van der Waals surface area contributed by atoms with Gasteiger partial charge in [-0.1, -0.05) is 13.0 Å². The van der Waals surface area contributed by atoms with Crippen LogP contribution in [0.5, 0.6) is 0 Å². The molecule has 114 valence electrons. The Kier molecular flexibility index (Phi) is 8.23. The standard InChI is InChI=1S/C16H30N4/c1-5-11-17-14-15-9-7-10-16(18-15)20(6-2)13-8-12-19(3)4/h7,9-10,17H,5-6,8,11-14H2,1-4H3. The SMILES string of the molecule is CCCNCc1cccc(N(CC)CCCN(C)C)n1. The summed E-state index contributed by atoms with van der Waals surface area (Å²) < 4.78 is 0. The van der Waals surface area contributed by atoms with Crippen LogP contribution in [-0.4, -0.2) is 50.2 Å². The van der Waals surface area contributed by atoms with E-state index in [1.54, 1.807) is 0 Å². The summed E-state index contributed by atoms with van der Waals surface area (Å²) in [4.78, 5) is 9.35. The number of rotatable bonds is 10. The predicted octanol–water partition coefficient (Wildman–Crippen LogP) is 2.36. The van der Waals surface area contributed by atoms with Crippen molar-refractivity contribution in [3.8, 4) is 0 Å². The molecule has 4 heteroatoms. The van der Waals surface area contributed by atoms with Gasteiger partial charge in [0.1, 0.15) is 5.82 Å². The average molecular weight is 278 g/mol. The summed E-state index contributed by atoms with van der Waals surface area (Å²) in [6, 6.07) is 6.32. The molecule has 1 aromatic heterocycles. The molecule has 0 fully saturated rings. The maximum atomic E-state index is 4.76. The molecule has 0 aliphatic heterocycles. The van der Waals surface area contributed by atoms with Gasteiger partial charge in [0.25, 0.3) is 0 Å². The zero-order valence-electron chi connectivity index (χ0n) is 13.5. The highest BCUT2D eigenvalue weighted by Gasteiger charge is 2.06. The maximum absolute atomic E-state index is 4.76. The molecule has 1 N–H and O–H groups in total. The summed E-state index contributed by atoms with van der Waals surface area (Å²) in [5.41, 5.74) is 1.13. The van der Waals surface area contributed by atoms with Crippen molar-refractivity contribution in [2.45, 2.75) is 33.2 Å². The summed E-state index contributed by atoms with van der Waals surface area (Å²) in [5, 5.41) is 3.41. The first kappa shape index (κ1) is 16.9. The molecule has 0 unspecified atom stereocenters. The Morgan fingerprint density at radius 3 is 2.60 bits per heavy atom. The zero-order valence-corrected chi connectivity index (χ0v) is 13.5. The third-order valence-corrected chi connectivity index (χ3v) is 3.26. The van der Waals surface area contributed by atoms with Crippen LogP contribution in [0.4, 0.5) is 5.82 Å². The molecule has 1 aromatic rings. The number of nitrogens with one attached hydrogen (secondary N) is 1. The number of hydrogen-bond acceptors (Lipinski definition) is 4. The average Bonchev–Trinajstić information content (AvgIpc) is 2.44. The lowest BCUT2D eigenvalue weighted by atomic mass is 10.3. The van der Waals surface area contributed by atoms with E-state index in [1.807, 2.05) is 0 Å². The Labute approximate surface area is 124 Å². The van der Waals surface area contributed by atoms with Gasteiger partial charge in [0.15, 0.2) is 0 Å². The van der Waals surface area contributed by atoms with Crippen molar-refractivity contribution in [2.24, 2.45) is 0 Å². The fourth-order valence-corrected chi connectivity index (χ4v) is 2.15. The van der Waals surface area contributed by atoms with Gasteiger partial charge in [-0.05, 0) is 59.1 Å². The minimum atomic E-state index is 0.858. The maximum Gasteiger partial charge on any atom is 0.128 e. The quantitative estimate of drug-likeness (QED) is 0.666. The van der Waals surface area contributed by atoms with Crippen molar-refractivity contribution >= 4 is 5.82 Å². The molecule has 0 spiro atoms. The Morgan fingerprint density at radius 2 is 1.95 bits per heavy atom. The van der Waals surface area contributed by atoms with Crippen molar-refractivity contribution in [1.29, 1.82) is 0 Å². The van der Waals surface area contributed by atoms with E-state index in [0.717, 1.165) is 50.7 Å². The number of nitrogens with zero attached hydrogens (tertiary/aromatic N) is 3. The highest BCUT2D eigenvalue weighted by atomic mass is 15.2. The van der Waals surface area contributed by atoms with Gasteiger partial charge >= 0.3 is 0 Å². The van der Waals surface area contributed by atoms with Gasteiger partial charge < -0.3 is 15.1 Å². The van der Waals surface area contributed by atoms with Crippen molar-refractivity contribution in [2.75, 3.05) is 45.2 Å². The molecule has 0 amide bonds. The molecule has 0 aliphatic carbocycles. The monoisotopic (exact) mass is 278 g/mol. The summed E-state index contributed by atoms with van der Waals surface area (Å²) in [7, 11) is 4.24. The minimum Gasteiger partial charge on any atom is -0.357 e. The molecule has 0 radical (unpaired) electrons. The zero-order chi connectivity index (χ0) is 14.8. The largest absolute Gasteiger partial charge is 0.357 e. The van der Waals surface area contributed by atoms with Gasteiger partial charge in [-0.25, -0.2) is 4.98 Å². The smallest absolute Gasteiger partial charge is 0.128 e. The van der Waals surface area contributed by atoms with Gasteiger partial charge in [-0.15, -0.1) is 0 Å². The van der Waals surface area contributed by atoms with E-state index in [-0.39, 0.29) is 0 Å². The van der Waals surface area contributed by atoms with Crippen LogP contribution in [0.15, 0.2) is 18.2 Å². The Balaban J connectivity index is 2.55. The van der Waals surface area contributed by atoms with Crippen LogP contribution in [0.25, 0.3) is 0 Å². The highest BCUT2D eigenvalue weighted by Crippen LogP contribution is 2.12. The van der Waals surface area contributed by atoms with Crippen LogP contribution in [0.3, 0.4) is 0 Å². The fraction of sp³-hybridized carbons (Fsp3) is 0.688. The molecule has 0 atom stereocenters. The molecule has 1 heterocycles. The number of aromatic nitrogens is 1. The number of pyridine rings is 1. The van der Waals surface area contributed by atoms with Crippen molar-refractivity contribution in [3.05, 3.63) is 23.9 Å². The lowest BCUT2D eigenvalue weighted by Gasteiger charge is -2.23. The second-order valence-corrected chi connectivity index (χ2v) is 5.40. The van der Waals surface area contributed by atoms with E-state index in [1.165, 1.54) is 6.42 Å². The summed E-state index contributed by atoms with van der Waals surface area (Å²) in [5.74, 6) is 1.10. The third-order valence-electron chi connectivity index (χ3n) is 3.26. The molecule has 0 saturated heterocycles. The van der Waals surface area contributed by atoms with Gasteiger partial charge in [-0.3, -0.25) is 0 Å². The van der Waals surface area contributed by atoms with E-state index < -0.39 is 0 Å². The molecule has 4 nitrogen and oxygen atoms in total. The van der Waals surface area contributed by atoms with Crippen LogP contribution in [0.1, 0.15) is 32.4 Å². The van der Waals surface area contributed by atoms with Crippen LogP contribution in [0.2, 0.25) is 0 Å². The van der Waals surface area contributed by atoms with Crippen LogP contribution >= 0.6 is 0 Å². The van der Waals surface area contributed by atoms with Crippen LogP contribution in [0, 0.1) is 0 Å². The van der Waals surface area contributed by atoms with Gasteiger partial charge in [0.05, 0.1) is 5.69 Å². The second kappa shape index (κ2) is 9.72. The predicted molar refractivity (Wildman–Crippen MR) is 87.3 cm³/mol. The molecule has 0 saturated carbocycles. The van der Waals surface area contributed by atoms with E-state index in [0.29, 0.717) is 0 Å². The van der Waals surface area contributed by atoms with Crippen molar-refractivity contribution in [3.63, 3.8) is 0 Å². The van der Waals surface area contributed by atoms with E-state index in [4.69, 9.17) is 4.98 Å². The Hall–Kier alpha value is -1.13. The van der Waals surface area contributed by atoms with E-state index in [9.17, 15) is 0 Å². The minimum absolute atomic E-state index is 0.858. The lowest BCUT2D eigenvalue weighted by Crippen LogP contribution is -2.28. The van der Waals surface area contributed by atoms with E-state index >= 15 is 0 Å². The van der Waals surface area contributed by atoms with Crippen molar-refractivity contribution in [1.82, 2.24) is 15.2 Å². The first-order valence-electron chi connectivity index (χ1n) is 7.73. The molecule has 0 aliphatic rings. The molecule has 0 aromatic carbocycles. The third kappa shape index (κ3) is 6.35.